The minimum Gasteiger partial charge on any atom is -0.465 e. The Balaban J connectivity index is 2.40. The van der Waals surface area contributed by atoms with Gasteiger partial charge < -0.3 is 30.7 Å². The second-order valence-corrected chi connectivity index (χ2v) is 7.60. The molecule has 12 heteroatoms. The van der Waals surface area contributed by atoms with Crippen molar-refractivity contribution in [1.29, 1.82) is 0 Å². The number of amides is 4. The second-order valence-electron chi connectivity index (χ2n) is 6.62. The smallest absolute Gasteiger partial charge is 0.407 e. The molecule has 0 aliphatic rings. The number of nitrogens with one attached hydrogen (secondary N) is 4. The van der Waals surface area contributed by atoms with E-state index in [-0.39, 0.29) is 32.8 Å². The molecule has 0 aliphatic carbocycles. The molecule has 0 spiro atoms. The van der Waals surface area contributed by atoms with Gasteiger partial charge >= 0.3 is 12.1 Å². The second kappa shape index (κ2) is 16.4. The van der Waals surface area contributed by atoms with Crippen LogP contribution in [0.1, 0.15) is 18.9 Å². The SMILES string of the molecule is CCOC(=O)CNC(=O)CNC(=O)C(CCSC)NC(=O)CNC(=O)OCc1ccccc1. The molecule has 0 aliphatic heterocycles. The average molecular weight is 483 g/mol. The van der Waals surface area contributed by atoms with Gasteiger partial charge in [-0.05, 0) is 30.9 Å². The minimum atomic E-state index is -0.898. The first-order valence-electron chi connectivity index (χ1n) is 10.3. The highest BCUT2D eigenvalue weighted by atomic mass is 32.2. The monoisotopic (exact) mass is 482 g/mol. The quantitative estimate of drug-likeness (QED) is 0.269. The molecule has 4 amide bonds. The van der Waals surface area contributed by atoms with Crippen molar-refractivity contribution in [3.05, 3.63) is 35.9 Å². The largest absolute Gasteiger partial charge is 0.465 e. The van der Waals surface area contributed by atoms with Crippen LogP contribution >= 0.6 is 11.8 Å². The number of thioether (sulfide) groups is 1. The van der Waals surface area contributed by atoms with E-state index in [2.05, 4.69) is 21.3 Å². The Kier molecular flexibility index (Phi) is 13.8. The number of ether oxygens (including phenoxy) is 2. The van der Waals surface area contributed by atoms with Crippen molar-refractivity contribution in [3.8, 4) is 0 Å². The molecule has 0 fully saturated rings. The zero-order chi connectivity index (χ0) is 24.5. The van der Waals surface area contributed by atoms with Gasteiger partial charge in [0.05, 0.1) is 13.2 Å². The Morgan fingerprint density at radius 1 is 0.909 bits per heavy atom. The summed E-state index contributed by atoms with van der Waals surface area (Å²) in [5.74, 6) is -1.72. The highest BCUT2D eigenvalue weighted by Crippen LogP contribution is 2.02. The fourth-order valence-corrected chi connectivity index (χ4v) is 2.88. The maximum atomic E-state index is 12.4. The van der Waals surface area contributed by atoms with Gasteiger partial charge in [-0.25, -0.2) is 4.79 Å². The summed E-state index contributed by atoms with van der Waals surface area (Å²) in [5.41, 5.74) is 0.803. The van der Waals surface area contributed by atoms with E-state index in [1.165, 1.54) is 11.8 Å². The molecule has 0 bridgehead atoms. The van der Waals surface area contributed by atoms with Gasteiger partial charge in [-0.3, -0.25) is 19.2 Å². The lowest BCUT2D eigenvalue weighted by Gasteiger charge is -2.18. The minimum absolute atomic E-state index is 0.0608. The first-order chi connectivity index (χ1) is 15.8. The van der Waals surface area contributed by atoms with E-state index in [0.29, 0.717) is 12.2 Å². The standard InChI is InChI=1S/C21H30N4O7S/c1-3-31-19(28)13-22-17(26)11-23-20(29)16(9-10-33-2)25-18(27)12-24-21(30)32-14-15-7-5-4-6-8-15/h4-8,16H,3,9-14H2,1-2H3,(H,22,26)(H,23,29)(H,24,30)(H,25,27). The number of carbonyl (C=O) groups excluding carboxylic acids is 5. The van der Waals surface area contributed by atoms with Crippen LogP contribution < -0.4 is 21.3 Å². The van der Waals surface area contributed by atoms with Crippen molar-refractivity contribution in [1.82, 2.24) is 21.3 Å². The van der Waals surface area contributed by atoms with E-state index in [0.717, 1.165) is 5.56 Å². The third-order valence-corrected chi connectivity index (χ3v) is 4.67. The van der Waals surface area contributed by atoms with Crippen molar-refractivity contribution in [2.24, 2.45) is 0 Å². The number of alkyl carbamates (subject to hydrolysis) is 1. The van der Waals surface area contributed by atoms with Crippen LogP contribution in [0, 0.1) is 0 Å². The van der Waals surface area contributed by atoms with E-state index in [4.69, 9.17) is 9.47 Å². The summed E-state index contributed by atoms with van der Waals surface area (Å²) in [7, 11) is 0. The number of carbonyl (C=O) groups is 5. The van der Waals surface area contributed by atoms with E-state index >= 15 is 0 Å². The number of hydrogen-bond donors (Lipinski definition) is 4. The summed E-state index contributed by atoms with van der Waals surface area (Å²) >= 11 is 1.49. The summed E-state index contributed by atoms with van der Waals surface area (Å²) in [6.45, 7) is 0.852. The van der Waals surface area contributed by atoms with Crippen LogP contribution in [-0.4, -0.2) is 74.1 Å². The Labute approximate surface area is 196 Å². The van der Waals surface area contributed by atoms with Crippen LogP contribution in [0.2, 0.25) is 0 Å². The predicted octanol–water partition coefficient (Wildman–Crippen LogP) is -0.0538. The van der Waals surface area contributed by atoms with Crippen LogP contribution in [-0.2, 0) is 35.3 Å². The van der Waals surface area contributed by atoms with Crippen LogP contribution in [0.15, 0.2) is 30.3 Å². The van der Waals surface area contributed by atoms with E-state index in [1.807, 2.05) is 24.5 Å². The molecule has 33 heavy (non-hydrogen) atoms. The van der Waals surface area contributed by atoms with Crippen molar-refractivity contribution >= 4 is 41.5 Å². The first kappa shape index (κ1) is 27.8. The summed E-state index contributed by atoms with van der Waals surface area (Å²) in [4.78, 5) is 59.4. The summed E-state index contributed by atoms with van der Waals surface area (Å²) in [5, 5.41) is 9.59. The molecule has 1 unspecified atom stereocenters. The van der Waals surface area contributed by atoms with Gasteiger partial charge in [-0.2, -0.15) is 11.8 Å². The number of hydrogen-bond acceptors (Lipinski definition) is 8. The van der Waals surface area contributed by atoms with E-state index < -0.39 is 35.8 Å². The highest BCUT2D eigenvalue weighted by molar-refractivity contribution is 7.98. The van der Waals surface area contributed by atoms with Gasteiger partial charge in [-0.15, -0.1) is 0 Å². The van der Waals surface area contributed by atoms with Gasteiger partial charge in [-0.1, -0.05) is 30.3 Å². The first-order valence-corrected chi connectivity index (χ1v) is 11.7. The Bertz CT molecular complexity index is 792. The predicted molar refractivity (Wildman–Crippen MR) is 122 cm³/mol. The molecular formula is C21H30N4O7S. The van der Waals surface area contributed by atoms with Crippen LogP contribution in [0.5, 0.6) is 0 Å². The molecule has 1 aromatic carbocycles. The maximum absolute atomic E-state index is 12.4. The lowest BCUT2D eigenvalue weighted by Crippen LogP contribution is -2.51. The molecule has 182 valence electrons. The molecule has 0 heterocycles. The summed E-state index contributed by atoms with van der Waals surface area (Å²) in [6, 6.07) is 8.16. The van der Waals surface area contributed by atoms with E-state index in [9.17, 15) is 24.0 Å². The Morgan fingerprint density at radius 3 is 2.27 bits per heavy atom. The number of esters is 1. The molecule has 0 saturated heterocycles. The fraction of sp³-hybridized carbons (Fsp3) is 0.476. The van der Waals surface area contributed by atoms with Gasteiger partial charge in [0, 0.05) is 0 Å². The molecular weight excluding hydrogens is 452 g/mol. The zero-order valence-electron chi connectivity index (χ0n) is 18.7. The van der Waals surface area contributed by atoms with Crippen molar-refractivity contribution in [2.75, 3.05) is 38.2 Å². The van der Waals surface area contributed by atoms with Gasteiger partial charge in [0.25, 0.3) is 0 Å². The van der Waals surface area contributed by atoms with Crippen molar-refractivity contribution in [2.45, 2.75) is 26.0 Å². The molecule has 1 rings (SSSR count). The molecule has 11 nitrogen and oxygen atoms in total. The van der Waals surface area contributed by atoms with Gasteiger partial charge in [0.15, 0.2) is 0 Å². The molecule has 0 radical (unpaired) electrons. The van der Waals surface area contributed by atoms with Crippen molar-refractivity contribution in [3.63, 3.8) is 0 Å². The number of rotatable bonds is 14. The average Bonchev–Trinajstić information content (AvgIpc) is 2.82. The molecule has 0 saturated carbocycles. The van der Waals surface area contributed by atoms with Crippen molar-refractivity contribution < 1.29 is 33.4 Å². The fourth-order valence-electron chi connectivity index (χ4n) is 2.41. The third kappa shape index (κ3) is 13.0. The lowest BCUT2D eigenvalue weighted by molar-refractivity contribution is -0.143. The number of benzene rings is 1. The maximum Gasteiger partial charge on any atom is 0.407 e. The lowest BCUT2D eigenvalue weighted by atomic mass is 10.2. The summed E-state index contributed by atoms with van der Waals surface area (Å²) in [6.07, 6.45) is 1.41. The molecule has 4 N–H and O–H groups in total. The van der Waals surface area contributed by atoms with Crippen LogP contribution in [0.4, 0.5) is 4.79 Å². The Morgan fingerprint density at radius 2 is 1.61 bits per heavy atom. The van der Waals surface area contributed by atoms with Gasteiger partial charge in [0.2, 0.25) is 17.7 Å². The van der Waals surface area contributed by atoms with Gasteiger partial charge in [0.1, 0.15) is 25.7 Å². The summed E-state index contributed by atoms with van der Waals surface area (Å²) < 4.78 is 9.72. The van der Waals surface area contributed by atoms with Crippen LogP contribution in [0.3, 0.4) is 0 Å². The van der Waals surface area contributed by atoms with E-state index in [1.54, 1.807) is 19.1 Å². The third-order valence-electron chi connectivity index (χ3n) is 4.03. The zero-order valence-corrected chi connectivity index (χ0v) is 19.5. The molecule has 0 aromatic heterocycles. The normalized spacial score (nSPS) is 11.0. The van der Waals surface area contributed by atoms with Crippen LogP contribution in [0.25, 0.3) is 0 Å². The molecule has 1 aromatic rings. The topological polar surface area (TPSA) is 152 Å². The Hall–Kier alpha value is -3.28. The highest BCUT2D eigenvalue weighted by Gasteiger charge is 2.21. The molecule has 1 atom stereocenters.